The van der Waals surface area contributed by atoms with E-state index in [1.54, 1.807) is 0 Å². The third-order valence-electron chi connectivity index (χ3n) is 4.90. The lowest BCUT2D eigenvalue weighted by atomic mass is 9.70. The zero-order chi connectivity index (χ0) is 15.7. The monoisotopic (exact) mass is 364 g/mol. The quantitative estimate of drug-likeness (QED) is 0.866. The van der Waals surface area contributed by atoms with Crippen molar-refractivity contribution in [3.8, 4) is 0 Å². The number of anilines is 1. The van der Waals surface area contributed by atoms with Gasteiger partial charge in [-0.25, -0.2) is 9.97 Å². The molecule has 2 aliphatic rings. The van der Waals surface area contributed by atoms with Crippen LogP contribution in [0, 0.1) is 0 Å². The van der Waals surface area contributed by atoms with Gasteiger partial charge in [-0.1, -0.05) is 29.8 Å². The van der Waals surface area contributed by atoms with Gasteiger partial charge < -0.3 is 10.6 Å². The molecule has 4 nitrogen and oxygen atoms in total. The third kappa shape index (κ3) is 3.37. The molecule has 1 aliphatic carbocycles. The summed E-state index contributed by atoms with van der Waals surface area (Å²) >= 11 is 6.55. The zero-order valence-corrected chi connectivity index (χ0v) is 15.0. The number of piperidine rings is 1. The average Bonchev–Trinajstić information content (AvgIpc) is 3.40. The second kappa shape index (κ2) is 7.26. The molecular weight excluding hydrogens is 343 g/mol. The molecule has 0 unspecified atom stereocenters. The molecule has 2 fully saturated rings. The van der Waals surface area contributed by atoms with Crippen LogP contribution in [0.15, 0.2) is 36.5 Å². The lowest BCUT2D eigenvalue weighted by molar-refractivity contribution is 0.354. The van der Waals surface area contributed by atoms with E-state index in [9.17, 15) is 0 Å². The molecule has 2 N–H and O–H groups in total. The molecule has 6 heteroatoms. The van der Waals surface area contributed by atoms with Crippen LogP contribution in [0.5, 0.6) is 0 Å². The van der Waals surface area contributed by atoms with Gasteiger partial charge >= 0.3 is 0 Å². The fourth-order valence-electron chi connectivity index (χ4n) is 3.47. The lowest BCUT2D eigenvalue weighted by Crippen LogP contribution is -2.41. The average molecular weight is 365 g/mol. The fourth-order valence-corrected chi connectivity index (χ4v) is 3.79. The number of halogens is 2. The summed E-state index contributed by atoms with van der Waals surface area (Å²) in [6, 6.07) is 10.8. The smallest absolute Gasteiger partial charge is 0.223 e. The van der Waals surface area contributed by atoms with Crippen molar-refractivity contribution in [2.45, 2.75) is 37.1 Å². The second-order valence-corrected chi connectivity index (χ2v) is 6.90. The largest absolute Gasteiger partial charge is 0.351 e. The predicted molar refractivity (Wildman–Crippen MR) is 100 cm³/mol. The van der Waals surface area contributed by atoms with Crippen LogP contribution in [0.4, 0.5) is 5.95 Å². The van der Waals surface area contributed by atoms with Crippen LogP contribution in [-0.2, 0) is 5.41 Å². The van der Waals surface area contributed by atoms with Crippen LogP contribution in [0.3, 0.4) is 0 Å². The second-order valence-electron chi connectivity index (χ2n) is 6.50. The topological polar surface area (TPSA) is 49.8 Å². The molecule has 0 atom stereocenters. The Kier molecular flexibility index (Phi) is 5.28. The Hall–Kier alpha value is -1.36. The highest BCUT2D eigenvalue weighted by Crippen LogP contribution is 2.42. The van der Waals surface area contributed by atoms with Crippen molar-refractivity contribution >= 4 is 30.0 Å². The van der Waals surface area contributed by atoms with Gasteiger partial charge in [-0.3, -0.25) is 0 Å². The summed E-state index contributed by atoms with van der Waals surface area (Å²) in [6.45, 7) is 1.95. The van der Waals surface area contributed by atoms with E-state index < -0.39 is 0 Å². The number of hydrogen-bond donors (Lipinski definition) is 2. The Labute approximate surface area is 153 Å². The molecule has 2 aromatic rings. The first-order valence-corrected chi connectivity index (χ1v) is 8.71. The lowest BCUT2D eigenvalue weighted by Gasteiger charge is -2.38. The Morgan fingerprint density at radius 2 is 1.88 bits per heavy atom. The number of nitrogens with zero attached hydrogens (tertiary/aromatic N) is 2. The van der Waals surface area contributed by atoms with E-state index in [4.69, 9.17) is 16.6 Å². The maximum absolute atomic E-state index is 6.55. The number of hydrogen-bond acceptors (Lipinski definition) is 4. The summed E-state index contributed by atoms with van der Waals surface area (Å²) < 4.78 is 0. The molecule has 1 aliphatic heterocycles. The Morgan fingerprint density at radius 3 is 2.58 bits per heavy atom. The zero-order valence-electron chi connectivity index (χ0n) is 13.5. The molecule has 0 bridgehead atoms. The van der Waals surface area contributed by atoms with Gasteiger partial charge in [0.1, 0.15) is 0 Å². The molecule has 1 aromatic carbocycles. The molecule has 0 amide bonds. The third-order valence-corrected chi connectivity index (χ3v) is 5.23. The first-order chi connectivity index (χ1) is 11.3. The molecule has 1 aromatic heterocycles. The number of rotatable bonds is 4. The molecule has 24 heavy (non-hydrogen) atoms. The van der Waals surface area contributed by atoms with E-state index in [1.165, 1.54) is 18.4 Å². The molecule has 128 valence electrons. The molecular formula is C18H22Cl2N4. The molecule has 1 saturated carbocycles. The van der Waals surface area contributed by atoms with Gasteiger partial charge in [0.2, 0.25) is 5.95 Å². The predicted octanol–water partition coefficient (Wildman–Crippen LogP) is 3.80. The first-order valence-electron chi connectivity index (χ1n) is 8.34. The highest BCUT2D eigenvalue weighted by molar-refractivity contribution is 6.31. The van der Waals surface area contributed by atoms with Crippen LogP contribution in [0.2, 0.25) is 5.02 Å². The summed E-state index contributed by atoms with van der Waals surface area (Å²) in [5.74, 6) is 0.745. The van der Waals surface area contributed by atoms with Crippen LogP contribution in [0.25, 0.3) is 0 Å². The van der Waals surface area contributed by atoms with Gasteiger partial charge in [-0.2, -0.15) is 0 Å². The van der Waals surface area contributed by atoms with Gasteiger partial charge in [-0.15, -0.1) is 12.4 Å². The van der Waals surface area contributed by atoms with Gasteiger partial charge in [0.15, 0.2) is 0 Å². The molecule has 2 heterocycles. The van der Waals surface area contributed by atoms with E-state index in [1.807, 2.05) is 24.4 Å². The van der Waals surface area contributed by atoms with Gasteiger partial charge in [0.25, 0.3) is 0 Å². The number of aromatic nitrogens is 2. The van der Waals surface area contributed by atoms with Crippen LogP contribution >= 0.6 is 24.0 Å². The van der Waals surface area contributed by atoms with Gasteiger partial charge in [0, 0.05) is 22.7 Å². The standard InChI is InChI=1S/C18H21ClN4.ClH/c19-15-4-2-1-3-14(15)18(8-11-20-12-9-18)16-7-10-21-17(23-16)22-13-5-6-13;/h1-4,7,10,13,20H,5-6,8-9,11-12H2,(H,21,22,23);1H. The van der Waals surface area contributed by atoms with Crippen molar-refractivity contribution < 1.29 is 0 Å². The molecule has 0 radical (unpaired) electrons. The van der Waals surface area contributed by atoms with E-state index in [0.717, 1.165) is 42.6 Å². The minimum atomic E-state index is -0.132. The summed E-state index contributed by atoms with van der Waals surface area (Å²) in [7, 11) is 0. The minimum Gasteiger partial charge on any atom is -0.351 e. The maximum atomic E-state index is 6.55. The number of nitrogens with one attached hydrogen (secondary N) is 2. The van der Waals surface area contributed by atoms with Crippen molar-refractivity contribution in [1.82, 2.24) is 15.3 Å². The normalized spacial score (nSPS) is 19.4. The Bertz CT molecular complexity index is 697. The van der Waals surface area contributed by atoms with E-state index in [0.29, 0.717) is 6.04 Å². The Balaban J connectivity index is 0.00000169. The SMILES string of the molecule is Cl.Clc1ccccc1C1(c2ccnc(NC3CC3)n2)CCNCC1. The van der Waals surface area contributed by atoms with Gasteiger partial charge in [-0.05, 0) is 56.5 Å². The molecule has 1 saturated heterocycles. The van der Waals surface area contributed by atoms with Crippen molar-refractivity contribution in [3.05, 3.63) is 52.8 Å². The van der Waals surface area contributed by atoms with Gasteiger partial charge in [0.05, 0.1) is 5.69 Å². The minimum absolute atomic E-state index is 0. The summed E-state index contributed by atoms with van der Waals surface area (Å²) in [5, 5.41) is 7.68. The van der Waals surface area contributed by atoms with Crippen molar-refractivity contribution in [2.24, 2.45) is 0 Å². The highest BCUT2D eigenvalue weighted by atomic mass is 35.5. The van der Waals surface area contributed by atoms with Crippen molar-refractivity contribution in [2.75, 3.05) is 18.4 Å². The maximum Gasteiger partial charge on any atom is 0.223 e. The first kappa shape index (κ1) is 17.5. The molecule has 0 spiro atoms. The summed E-state index contributed by atoms with van der Waals surface area (Å²) in [5.41, 5.74) is 2.12. The highest BCUT2D eigenvalue weighted by Gasteiger charge is 2.38. The van der Waals surface area contributed by atoms with E-state index in [2.05, 4.69) is 27.8 Å². The summed E-state index contributed by atoms with van der Waals surface area (Å²) in [6.07, 6.45) is 6.29. The van der Waals surface area contributed by atoms with Crippen LogP contribution in [-0.4, -0.2) is 29.1 Å². The number of benzene rings is 1. The van der Waals surface area contributed by atoms with E-state index in [-0.39, 0.29) is 17.8 Å². The van der Waals surface area contributed by atoms with Crippen LogP contribution < -0.4 is 10.6 Å². The van der Waals surface area contributed by atoms with Crippen molar-refractivity contribution in [1.29, 1.82) is 0 Å². The van der Waals surface area contributed by atoms with E-state index >= 15 is 0 Å². The van der Waals surface area contributed by atoms with Crippen LogP contribution in [0.1, 0.15) is 36.9 Å². The Morgan fingerprint density at radius 1 is 1.12 bits per heavy atom. The fraction of sp³-hybridized carbons (Fsp3) is 0.444. The summed E-state index contributed by atoms with van der Waals surface area (Å²) in [4.78, 5) is 9.25. The molecule has 4 rings (SSSR count). The van der Waals surface area contributed by atoms with Crippen molar-refractivity contribution in [3.63, 3.8) is 0 Å².